The molecule has 0 aromatic heterocycles. The maximum atomic E-state index is 5.88. The van der Waals surface area contributed by atoms with Crippen LogP contribution in [0.2, 0.25) is 0 Å². The summed E-state index contributed by atoms with van der Waals surface area (Å²) in [5.41, 5.74) is 4.49. The normalized spacial score (nSPS) is 17.1. The van der Waals surface area contributed by atoms with Gasteiger partial charge in [-0.3, -0.25) is 4.99 Å². The molecule has 1 aliphatic carbocycles. The topological polar surface area (TPSA) is 12.4 Å². The number of hydrogen-bond acceptors (Lipinski definition) is 1. The predicted molar refractivity (Wildman–Crippen MR) is 61.8 cm³/mol. The Morgan fingerprint density at radius 3 is 2.71 bits per heavy atom. The minimum absolute atomic E-state index is 0.681. The predicted octanol–water partition coefficient (Wildman–Crippen LogP) is 1.62. The second-order valence-electron chi connectivity index (χ2n) is 3.90. The Kier molecular flexibility index (Phi) is 2.45. The Morgan fingerprint density at radius 2 is 2.14 bits per heavy atom. The molecule has 0 bridgehead atoms. The maximum Gasteiger partial charge on any atom is 0.114 e. The molecule has 1 aromatic carbocycles. The van der Waals surface area contributed by atoms with Crippen LogP contribution < -0.4 is 5.46 Å². The van der Waals surface area contributed by atoms with Crippen molar-refractivity contribution in [2.24, 2.45) is 10.9 Å². The SMILES string of the molecule is [B]c1cccc(C(=NC)C2CC2)c1C. The lowest BCUT2D eigenvalue weighted by Crippen LogP contribution is -2.14. The van der Waals surface area contributed by atoms with Gasteiger partial charge in [-0.1, -0.05) is 23.7 Å². The molecule has 1 saturated carbocycles. The van der Waals surface area contributed by atoms with Gasteiger partial charge in [0.05, 0.1) is 0 Å². The van der Waals surface area contributed by atoms with E-state index in [0.29, 0.717) is 5.92 Å². The fraction of sp³-hybridized carbons (Fsp3) is 0.417. The third-order valence-corrected chi connectivity index (χ3v) is 2.86. The third-order valence-electron chi connectivity index (χ3n) is 2.86. The summed E-state index contributed by atoms with van der Waals surface area (Å²) in [6, 6.07) is 6.07. The summed E-state index contributed by atoms with van der Waals surface area (Å²) in [6.07, 6.45) is 2.56. The van der Waals surface area contributed by atoms with Crippen LogP contribution in [0.3, 0.4) is 0 Å². The zero-order valence-electron chi connectivity index (χ0n) is 8.75. The van der Waals surface area contributed by atoms with Crippen molar-refractivity contribution < 1.29 is 0 Å². The van der Waals surface area contributed by atoms with Gasteiger partial charge in [-0.05, 0) is 30.9 Å². The smallest absolute Gasteiger partial charge is 0.114 e. The van der Waals surface area contributed by atoms with Crippen molar-refractivity contribution in [1.82, 2.24) is 0 Å². The summed E-state index contributed by atoms with van der Waals surface area (Å²) in [7, 11) is 7.75. The van der Waals surface area contributed by atoms with Gasteiger partial charge in [0.15, 0.2) is 0 Å². The minimum Gasteiger partial charge on any atom is -0.292 e. The third kappa shape index (κ3) is 1.61. The highest BCUT2D eigenvalue weighted by atomic mass is 14.7. The van der Waals surface area contributed by atoms with E-state index in [9.17, 15) is 0 Å². The first-order chi connectivity index (χ1) is 6.74. The fourth-order valence-corrected chi connectivity index (χ4v) is 1.81. The van der Waals surface area contributed by atoms with Crippen molar-refractivity contribution in [3.05, 3.63) is 29.3 Å². The van der Waals surface area contributed by atoms with E-state index >= 15 is 0 Å². The van der Waals surface area contributed by atoms with E-state index in [1.165, 1.54) is 29.7 Å². The van der Waals surface area contributed by atoms with Crippen LogP contribution in [0.4, 0.5) is 0 Å². The quantitative estimate of drug-likeness (QED) is 0.488. The van der Waals surface area contributed by atoms with Crippen molar-refractivity contribution in [2.75, 3.05) is 7.05 Å². The zero-order chi connectivity index (χ0) is 10.1. The molecule has 0 N–H and O–H groups in total. The molecule has 0 saturated heterocycles. The molecule has 0 amide bonds. The Hall–Kier alpha value is -1.05. The molecular weight excluding hydrogens is 169 g/mol. The maximum absolute atomic E-state index is 5.88. The highest BCUT2D eigenvalue weighted by molar-refractivity contribution is 6.34. The molecule has 70 valence electrons. The molecule has 2 heteroatoms. The second-order valence-corrected chi connectivity index (χ2v) is 3.90. The first-order valence-electron chi connectivity index (χ1n) is 5.06. The molecule has 14 heavy (non-hydrogen) atoms. The zero-order valence-corrected chi connectivity index (χ0v) is 8.75. The highest BCUT2D eigenvalue weighted by Gasteiger charge is 2.28. The van der Waals surface area contributed by atoms with Gasteiger partial charge in [-0.15, -0.1) is 0 Å². The number of nitrogens with zero attached hydrogens (tertiary/aromatic N) is 1. The number of aliphatic imine (C=N–C) groups is 1. The van der Waals surface area contributed by atoms with Gasteiger partial charge < -0.3 is 0 Å². The summed E-state index contributed by atoms with van der Waals surface area (Å²) >= 11 is 0. The molecule has 1 aromatic rings. The minimum atomic E-state index is 0.681. The largest absolute Gasteiger partial charge is 0.292 e. The standard InChI is InChI=1S/C12H14BN/c1-8-10(4-3-5-11(8)13)12(14-2)9-6-7-9/h3-5,9H,6-7H2,1-2H3. The average Bonchev–Trinajstić information content (AvgIpc) is 2.97. The monoisotopic (exact) mass is 183 g/mol. The van der Waals surface area contributed by atoms with Gasteiger partial charge >= 0.3 is 0 Å². The highest BCUT2D eigenvalue weighted by Crippen LogP contribution is 2.33. The van der Waals surface area contributed by atoms with E-state index in [2.05, 4.69) is 18.0 Å². The van der Waals surface area contributed by atoms with Crippen LogP contribution in [0.5, 0.6) is 0 Å². The van der Waals surface area contributed by atoms with Gasteiger partial charge in [-0.25, -0.2) is 0 Å². The summed E-state index contributed by atoms with van der Waals surface area (Å²) in [5.74, 6) is 0.681. The van der Waals surface area contributed by atoms with Crippen molar-refractivity contribution in [1.29, 1.82) is 0 Å². The molecule has 0 unspecified atom stereocenters. The Morgan fingerprint density at radius 1 is 1.43 bits per heavy atom. The number of rotatable bonds is 2. The van der Waals surface area contributed by atoms with Crippen molar-refractivity contribution in [2.45, 2.75) is 19.8 Å². The fourth-order valence-electron chi connectivity index (χ4n) is 1.81. The van der Waals surface area contributed by atoms with E-state index in [1.807, 2.05) is 19.2 Å². The second kappa shape index (κ2) is 3.60. The van der Waals surface area contributed by atoms with Crippen LogP contribution in [0.15, 0.2) is 23.2 Å². The van der Waals surface area contributed by atoms with Crippen LogP contribution >= 0.6 is 0 Å². The number of hydrogen-bond donors (Lipinski definition) is 0. The molecular formula is C12H14BN. The molecule has 0 atom stereocenters. The Labute approximate surface area is 86.7 Å². The van der Waals surface area contributed by atoms with Gasteiger partial charge in [-0.2, -0.15) is 0 Å². The lowest BCUT2D eigenvalue weighted by molar-refractivity contribution is 1.16. The number of benzene rings is 1. The van der Waals surface area contributed by atoms with Crippen molar-refractivity contribution in [3.63, 3.8) is 0 Å². The van der Waals surface area contributed by atoms with Crippen LogP contribution in [-0.4, -0.2) is 20.6 Å². The Balaban J connectivity index is 2.44. The lowest BCUT2D eigenvalue weighted by atomic mass is 9.86. The summed E-state index contributed by atoms with van der Waals surface area (Å²) in [5, 5.41) is 0. The average molecular weight is 183 g/mol. The molecule has 1 fully saturated rings. The molecule has 2 radical (unpaired) electrons. The van der Waals surface area contributed by atoms with Gasteiger partial charge in [0.25, 0.3) is 0 Å². The first-order valence-corrected chi connectivity index (χ1v) is 5.06. The molecule has 1 aliphatic rings. The van der Waals surface area contributed by atoms with Crippen LogP contribution in [0, 0.1) is 12.8 Å². The van der Waals surface area contributed by atoms with Crippen LogP contribution in [-0.2, 0) is 0 Å². The van der Waals surface area contributed by atoms with Crippen molar-refractivity contribution >= 4 is 19.0 Å². The van der Waals surface area contributed by atoms with Crippen molar-refractivity contribution in [3.8, 4) is 0 Å². The molecule has 2 rings (SSSR count). The molecule has 1 nitrogen and oxygen atoms in total. The summed E-state index contributed by atoms with van der Waals surface area (Å²) < 4.78 is 0. The Bertz CT molecular complexity index is 378. The molecule has 0 aliphatic heterocycles. The van der Waals surface area contributed by atoms with E-state index in [0.717, 1.165) is 5.46 Å². The lowest BCUT2D eigenvalue weighted by Gasteiger charge is -2.10. The van der Waals surface area contributed by atoms with Crippen LogP contribution in [0.1, 0.15) is 24.0 Å². The van der Waals surface area contributed by atoms with E-state index < -0.39 is 0 Å². The van der Waals surface area contributed by atoms with Crippen LogP contribution in [0.25, 0.3) is 0 Å². The van der Waals surface area contributed by atoms with Gasteiger partial charge in [0, 0.05) is 18.7 Å². The van der Waals surface area contributed by atoms with Gasteiger partial charge in [0.2, 0.25) is 0 Å². The first kappa shape index (κ1) is 9.51. The van der Waals surface area contributed by atoms with E-state index in [4.69, 9.17) is 7.85 Å². The summed E-state index contributed by atoms with van der Waals surface area (Å²) in [6.45, 7) is 2.07. The van der Waals surface area contributed by atoms with Gasteiger partial charge in [0.1, 0.15) is 7.85 Å². The molecule has 0 heterocycles. The van der Waals surface area contributed by atoms with E-state index in [1.54, 1.807) is 0 Å². The molecule has 0 spiro atoms. The van der Waals surface area contributed by atoms with E-state index in [-0.39, 0.29) is 0 Å². The summed E-state index contributed by atoms with van der Waals surface area (Å²) in [4.78, 5) is 4.38.